The molecule has 4 unspecified atom stereocenters. The molecule has 2 rings (SSSR count). The SMILES string of the molecule is CC(C)C1CCN(C(=O)[C@@H](NC(=O)NC(C)(C)C)C(C)(C)C)C1C(=O)NC(CC1CCC1)C(O)C(N)=O. The molecule has 37 heavy (non-hydrogen) atoms. The summed E-state index contributed by atoms with van der Waals surface area (Å²) in [5.41, 5.74) is 4.29. The summed E-state index contributed by atoms with van der Waals surface area (Å²) in [4.78, 5) is 53.7. The Labute approximate surface area is 221 Å². The molecule has 10 nitrogen and oxygen atoms in total. The lowest BCUT2D eigenvalue weighted by Crippen LogP contribution is -2.62. The number of hydrogen-bond donors (Lipinski definition) is 5. The van der Waals surface area contributed by atoms with E-state index in [1.54, 1.807) is 4.90 Å². The van der Waals surface area contributed by atoms with Gasteiger partial charge < -0.3 is 31.7 Å². The smallest absolute Gasteiger partial charge is 0.315 e. The van der Waals surface area contributed by atoms with E-state index in [9.17, 15) is 24.3 Å². The van der Waals surface area contributed by atoms with Crippen LogP contribution in [0.3, 0.4) is 0 Å². The van der Waals surface area contributed by atoms with Gasteiger partial charge in [0.15, 0.2) is 6.10 Å². The standard InChI is InChI=1S/C27H49N5O5/c1-15(2)17-12-13-32(24(36)21(26(3,4)5)30-25(37)31-27(6,7)8)19(17)23(35)29-18(20(33)22(28)34)14-16-10-9-11-16/h15-21,33H,9-14H2,1-8H3,(H2,28,34)(H,29,35)(H2,30,31,37)/t17?,18?,19?,20?,21-/m1/s1. The summed E-state index contributed by atoms with van der Waals surface area (Å²) in [6, 6.07) is -2.91. The molecule has 1 aliphatic carbocycles. The van der Waals surface area contributed by atoms with Gasteiger partial charge in [0.2, 0.25) is 17.7 Å². The Morgan fingerprint density at radius 2 is 1.59 bits per heavy atom. The van der Waals surface area contributed by atoms with Crippen LogP contribution >= 0.6 is 0 Å². The van der Waals surface area contributed by atoms with Crippen molar-refractivity contribution in [3.8, 4) is 0 Å². The molecule has 0 aromatic heterocycles. The van der Waals surface area contributed by atoms with Gasteiger partial charge in [-0.15, -0.1) is 0 Å². The molecule has 0 radical (unpaired) electrons. The zero-order chi connectivity index (χ0) is 28.3. The van der Waals surface area contributed by atoms with E-state index >= 15 is 0 Å². The van der Waals surface area contributed by atoms with Crippen LogP contribution in [0.1, 0.15) is 87.5 Å². The van der Waals surface area contributed by atoms with Crippen LogP contribution in [0.15, 0.2) is 0 Å². The van der Waals surface area contributed by atoms with Gasteiger partial charge in [-0.1, -0.05) is 53.9 Å². The lowest BCUT2D eigenvalue weighted by atomic mass is 9.79. The highest BCUT2D eigenvalue weighted by molar-refractivity contribution is 5.93. The van der Waals surface area contributed by atoms with Gasteiger partial charge in [0.1, 0.15) is 12.1 Å². The number of rotatable bonds is 9. The maximum absolute atomic E-state index is 13.9. The molecule has 10 heteroatoms. The largest absolute Gasteiger partial charge is 0.381 e. The van der Waals surface area contributed by atoms with E-state index in [4.69, 9.17) is 5.73 Å². The van der Waals surface area contributed by atoms with Crippen molar-refractivity contribution in [2.45, 2.75) is 117 Å². The summed E-state index contributed by atoms with van der Waals surface area (Å²) in [5.74, 6) is -1.29. The van der Waals surface area contributed by atoms with Gasteiger partial charge in [-0.25, -0.2) is 4.79 Å². The topological polar surface area (TPSA) is 154 Å². The molecule has 2 fully saturated rings. The third-order valence-corrected chi connectivity index (χ3v) is 7.54. The molecule has 1 saturated heterocycles. The van der Waals surface area contributed by atoms with Gasteiger partial charge in [-0.2, -0.15) is 0 Å². The molecular formula is C27H49N5O5. The Bertz CT molecular complexity index is 843. The number of hydrogen-bond acceptors (Lipinski definition) is 5. The molecule has 2 aliphatic rings. The van der Waals surface area contributed by atoms with Crippen molar-refractivity contribution in [3.63, 3.8) is 0 Å². The zero-order valence-electron chi connectivity index (χ0n) is 23.9. The predicted molar refractivity (Wildman–Crippen MR) is 142 cm³/mol. The van der Waals surface area contributed by atoms with Crippen molar-refractivity contribution < 1.29 is 24.3 Å². The molecule has 212 valence electrons. The average molecular weight is 524 g/mol. The summed E-state index contributed by atoms with van der Waals surface area (Å²) in [6.07, 6.45) is 2.65. The number of aliphatic hydroxyl groups is 1. The number of nitrogens with two attached hydrogens (primary N) is 1. The lowest BCUT2D eigenvalue weighted by molar-refractivity contribution is -0.144. The number of carbonyl (C=O) groups is 4. The van der Waals surface area contributed by atoms with Crippen LogP contribution in [0.4, 0.5) is 4.79 Å². The Hall–Kier alpha value is -2.36. The molecule has 0 aromatic rings. The number of amides is 5. The number of carbonyl (C=O) groups excluding carboxylic acids is 4. The molecule has 1 aliphatic heterocycles. The first-order valence-corrected chi connectivity index (χ1v) is 13.6. The average Bonchev–Trinajstić information content (AvgIpc) is 3.16. The number of aliphatic hydroxyl groups excluding tert-OH is 1. The van der Waals surface area contributed by atoms with E-state index in [2.05, 4.69) is 16.0 Å². The van der Waals surface area contributed by atoms with E-state index in [1.807, 2.05) is 55.4 Å². The minimum atomic E-state index is -1.50. The molecule has 6 N–H and O–H groups in total. The van der Waals surface area contributed by atoms with Gasteiger partial charge in [0, 0.05) is 12.1 Å². The van der Waals surface area contributed by atoms with Crippen LogP contribution in [0.5, 0.6) is 0 Å². The van der Waals surface area contributed by atoms with Crippen LogP contribution in [0.2, 0.25) is 0 Å². The molecule has 0 bridgehead atoms. The van der Waals surface area contributed by atoms with Crippen molar-refractivity contribution in [2.24, 2.45) is 28.9 Å². The van der Waals surface area contributed by atoms with Gasteiger partial charge in [-0.05, 0) is 56.8 Å². The first-order valence-electron chi connectivity index (χ1n) is 13.6. The van der Waals surface area contributed by atoms with E-state index < -0.39 is 53.0 Å². The molecule has 0 spiro atoms. The second-order valence-corrected chi connectivity index (χ2v) is 13.3. The van der Waals surface area contributed by atoms with E-state index in [0.29, 0.717) is 25.3 Å². The van der Waals surface area contributed by atoms with Crippen LogP contribution in [0, 0.1) is 23.2 Å². The van der Waals surface area contributed by atoms with Gasteiger partial charge in [0.05, 0.1) is 6.04 Å². The molecule has 5 amide bonds. The highest BCUT2D eigenvalue weighted by Gasteiger charge is 2.48. The second-order valence-electron chi connectivity index (χ2n) is 13.3. The fourth-order valence-corrected chi connectivity index (χ4v) is 5.24. The Kier molecular flexibility index (Phi) is 10.0. The lowest BCUT2D eigenvalue weighted by Gasteiger charge is -2.38. The highest BCUT2D eigenvalue weighted by atomic mass is 16.3. The van der Waals surface area contributed by atoms with Crippen molar-refractivity contribution >= 4 is 23.8 Å². The fraction of sp³-hybridized carbons (Fsp3) is 0.852. The van der Waals surface area contributed by atoms with Crippen LogP contribution in [-0.2, 0) is 14.4 Å². The third kappa shape index (κ3) is 8.32. The zero-order valence-corrected chi connectivity index (χ0v) is 23.9. The Balaban J connectivity index is 2.31. The Morgan fingerprint density at radius 1 is 1.00 bits per heavy atom. The van der Waals surface area contributed by atoms with E-state index in [-0.39, 0.29) is 17.7 Å². The highest BCUT2D eigenvalue weighted by Crippen LogP contribution is 2.34. The minimum absolute atomic E-state index is 0.108. The van der Waals surface area contributed by atoms with Crippen molar-refractivity contribution in [1.82, 2.24) is 20.9 Å². The second kappa shape index (κ2) is 12.0. The summed E-state index contributed by atoms with van der Waals surface area (Å²) >= 11 is 0. The fourth-order valence-electron chi connectivity index (χ4n) is 5.24. The molecular weight excluding hydrogens is 474 g/mol. The summed E-state index contributed by atoms with van der Waals surface area (Å²) < 4.78 is 0. The van der Waals surface area contributed by atoms with Gasteiger partial charge in [-0.3, -0.25) is 14.4 Å². The number of nitrogens with zero attached hydrogens (tertiary/aromatic N) is 1. The monoisotopic (exact) mass is 523 g/mol. The van der Waals surface area contributed by atoms with Gasteiger partial charge >= 0.3 is 6.03 Å². The quantitative estimate of drug-likeness (QED) is 0.312. The number of urea groups is 1. The normalized spacial score (nSPS) is 23.1. The third-order valence-electron chi connectivity index (χ3n) is 7.54. The van der Waals surface area contributed by atoms with Crippen LogP contribution in [-0.4, -0.2) is 70.1 Å². The number of nitrogens with one attached hydrogen (secondary N) is 3. The maximum atomic E-state index is 13.9. The van der Waals surface area contributed by atoms with Crippen molar-refractivity contribution in [2.75, 3.05) is 6.54 Å². The van der Waals surface area contributed by atoms with Crippen LogP contribution < -0.4 is 21.7 Å². The van der Waals surface area contributed by atoms with Gasteiger partial charge in [0.25, 0.3) is 0 Å². The Morgan fingerprint density at radius 3 is 2.03 bits per heavy atom. The molecule has 5 atom stereocenters. The van der Waals surface area contributed by atoms with E-state index in [0.717, 1.165) is 19.3 Å². The number of likely N-dealkylation sites (tertiary alicyclic amines) is 1. The molecule has 1 heterocycles. The van der Waals surface area contributed by atoms with Crippen LogP contribution in [0.25, 0.3) is 0 Å². The van der Waals surface area contributed by atoms with Crippen molar-refractivity contribution in [1.29, 1.82) is 0 Å². The molecule has 1 saturated carbocycles. The maximum Gasteiger partial charge on any atom is 0.315 e. The first-order chi connectivity index (χ1) is 16.9. The summed E-state index contributed by atoms with van der Waals surface area (Å²) in [6.45, 7) is 15.6. The predicted octanol–water partition coefficient (Wildman–Crippen LogP) is 1.89. The summed E-state index contributed by atoms with van der Waals surface area (Å²) in [7, 11) is 0. The van der Waals surface area contributed by atoms with Crippen molar-refractivity contribution in [3.05, 3.63) is 0 Å². The number of primary amides is 1. The summed E-state index contributed by atoms with van der Waals surface area (Å²) in [5, 5.41) is 19.0. The minimum Gasteiger partial charge on any atom is -0.381 e. The molecule has 0 aromatic carbocycles. The first kappa shape index (κ1) is 30.9. The van der Waals surface area contributed by atoms with E-state index in [1.165, 1.54) is 0 Å².